The van der Waals surface area contributed by atoms with Crippen LogP contribution in [0.25, 0.3) is 22.1 Å². The number of allylic oxidation sites excluding steroid dienone is 3. The fourth-order valence-corrected chi connectivity index (χ4v) is 6.09. The molecule has 2 aliphatic rings. The molecule has 0 spiro atoms. The van der Waals surface area contributed by atoms with Crippen LogP contribution < -0.4 is 26.5 Å². The molecule has 5 rings (SSSR count). The lowest BCUT2D eigenvalue weighted by atomic mass is 9.75. The van der Waals surface area contributed by atoms with Gasteiger partial charge >= 0.3 is 5.97 Å². The minimum atomic E-state index is -1.40. The Morgan fingerprint density at radius 3 is 2.70 bits per heavy atom. The summed E-state index contributed by atoms with van der Waals surface area (Å²) >= 11 is 0. The van der Waals surface area contributed by atoms with E-state index in [2.05, 4.69) is 10.6 Å². The number of aliphatic hydroxyl groups is 2. The fourth-order valence-electron chi connectivity index (χ4n) is 6.09. The quantitative estimate of drug-likeness (QED) is 0.119. The molecule has 0 fully saturated rings. The van der Waals surface area contributed by atoms with Crippen molar-refractivity contribution in [3.05, 3.63) is 87.5 Å². The number of aromatic hydroxyl groups is 2. The van der Waals surface area contributed by atoms with Gasteiger partial charge in [0.1, 0.15) is 46.7 Å². The maximum Gasteiger partial charge on any atom is 0.335 e. The molecule has 4 unspecified atom stereocenters. The van der Waals surface area contributed by atoms with Gasteiger partial charge in [-0.2, -0.15) is 0 Å². The summed E-state index contributed by atoms with van der Waals surface area (Å²) < 4.78 is 19.0. The topological polar surface area (TPSA) is 197 Å². The number of likely N-dealkylation sites (N-methyl/N-ethyl adjacent to an activating group) is 1. The van der Waals surface area contributed by atoms with E-state index in [0.717, 1.165) is 11.6 Å². The third-order valence-corrected chi connectivity index (χ3v) is 8.81. The molecule has 0 aliphatic carbocycles. The zero-order valence-corrected chi connectivity index (χ0v) is 26.6. The number of benzene rings is 2. The number of ether oxygens (including phenoxy) is 2. The van der Waals surface area contributed by atoms with E-state index in [9.17, 15) is 30.0 Å². The third-order valence-electron chi connectivity index (χ3n) is 8.81. The molecule has 3 heterocycles. The Labute approximate surface area is 271 Å². The van der Waals surface area contributed by atoms with Crippen LogP contribution in [0.5, 0.6) is 17.2 Å². The van der Waals surface area contributed by atoms with Crippen LogP contribution in [-0.2, 0) is 22.6 Å². The van der Waals surface area contributed by atoms with Crippen LogP contribution in [0.1, 0.15) is 38.5 Å². The van der Waals surface area contributed by atoms with Gasteiger partial charge in [0.05, 0.1) is 18.3 Å². The first-order valence-corrected chi connectivity index (χ1v) is 15.5. The molecule has 2 aliphatic heterocycles. The van der Waals surface area contributed by atoms with Gasteiger partial charge in [-0.15, -0.1) is 0 Å². The predicted octanol–water partition coefficient (Wildman–Crippen LogP) is 2.85. The molecule has 47 heavy (non-hydrogen) atoms. The van der Waals surface area contributed by atoms with Crippen LogP contribution in [0, 0.1) is 5.92 Å². The minimum Gasteiger partial charge on any atom is -0.508 e. The van der Waals surface area contributed by atoms with Crippen LogP contribution in [0.2, 0.25) is 0 Å². The number of hydrogen-bond acceptors (Lipinski definition) is 12. The highest BCUT2D eigenvalue weighted by molar-refractivity contribution is 6.01. The van der Waals surface area contributed by atoms with Crippen LogP contribution in [0.4, 0.5) is 0 Å². The summed E-state index contributed by atoms with van der Waals surface area (Å²) in [6.07, 6.45) is 5.86. The van der Waals surface area contributed by atoms with Crippen LogP contribution in [-0.4, -0.2) is 64.0 Å². The minimum absolute atomic E-state index is 0.0387. The van der Waals surface area contributed by atoms with Crippen LogP contribution in [0.3, 0.4) is 0 Å². The van der Waals surface area contributed by atoms with Crippen molar-refractivity contribution in [1.29, 1.82) is 0 Å². The maximum absolute atomic E-state index is 13.6. The standard InChI is InChI=1S/C35H41N3O9/c1-4-20(16-37-5-2)34(44)46-27-14-25-31(43)30-26(42)13-24(18-40)45-33(30)29(21-7-6-8-23(41)12-21)32(25)47-35(27,3)22(17-39)11-19-9-10-28(36)38-15-19/h4,6-10,12-13,15,22,27-28,37-41,43H,5,11,14,16-18,36H2,1-3H3. The number of aliphatic hydroxyl groups excluding tert-OH is 2. The molecule has 12 nitrogen and oxygen atoms in total. The Kier molecular flexibility index (Phi) is 10.1. The molecule has 12 heteroatoms. The average molecular weight is 648 g/mol. The van der Waals surface area contributed by atoms with Gasteiger partial charge in [-0.3, -0.25) is 4.79 Å². The number of dihydropyridines is 1. The summed E-state index contributed by atoms with van der Waals surface area (Å²) in [4.78, 5) is 26.9. The monoisotopic (exact) mass is 647 g/mol. The Balaban J connectivity index is 1.73. The van der Waals surface area contributed by atoms with Crippen molar-refractivity contribution in [3.63, 3.8) is 0 Å². The molecule has 0 amide bonds. The second-order valence-electron chi connectivity index (χ2n) is 11.9. The molecule has 0 saturated heterocycles. The van der Waals surface area contributed by atoms with Gasteiger partial charge in [0.2, 0.25) is 0 Å². The Morgan fingerprint density at radius 2 is 2.06 bits per heavy atom. The van der Waals surface area contributed by atoms with Gasteiger partial charge in [0.15, 0.2) is 11.0 Å². The molecule has 4 atom stereocenters. The van der Waals surface area contributed by atoms with E-state index >= 15 is 0 Å². The molecular weight excluding hydrogens is 606 g/mol. The highest BCUT2D eigenvalue weighted by Gasteiger charge is 2.51. The van der Waals surface area contributed by atoms with E-state index in [1.807, 2.05) is 13.0 Å². The van der Waals surface area contributed by atoms with E-state index in [1.54, 1.807) is 44.3 Å². The van der Waals surface area contributed by atoms with Gasteiger partial charge in [0.25, 0.3) is 0 Å². The Bertz CT molecular complexity index is 1810. The molecule has 3 aromatic rings. The van der Waals surface area contributed by atoms with E-state index < -0.39 is 41.4 Å². The summed E-state index contributed by atoms with van der Waals surface area (Å²) in [7, 11) is 0. The largest absolute Gasteiger partial charge is 0.508 e. The zero-order chi connectivity index (χ0) is 33.9. The number of nitrogens with two attached hydrogens (primary N) is 1. The molecule has 0 bridgehead atoms. The summed E-state index contributed by atoms with van der Waals surface area (Å²) in [5, 5.41) is 48.8. The number of fused-ring (bicyclic) bond motifs is 2. The van der Waals surface area contributed by atoms with Crippen molar-refractivity contribution in [2.75, 3.05) is 19.7 Å². The Hall–Kier alpha value is -4.62. The second kappa shape index (κ2) is 14.0. The van der Waals surface area contributed by atoms with Gasteiger partial charge in [-0.1, -0.05) is 31.2 Å². The summed E-state index contributed by atoms with van der Waals surface area (Å²) in [6.45, 7) is 5.34. The smallest absolute Gasteiger partial charge is 0.335 e. The zero-order valence-electron chi connectivity index (χ0n) is 26.6. The molecule has 0 saturated carbocycles. The first kappa shape index (κ1) is 33.7. The van der Waals surface area contributed by atoms with Crippen molar-refractivity contribution in [1.82, 2.24) is 10.6 Å². The molecule has 250 valence electrons. The van der Waals surface area contributed by atoms with Crippen molar-refractivity contribution in [3.8, 4) is 28.4 Å². The Morgan fingerprint density at radius 1 is 1.28 bits per heavy atom. The molecule has 1 aromatic heterocycles. The van der Waals surface area contributed by atoms with Crippen molar-refractivity contribution < 1.29 is 39.1 Å². The number of phenolic OH excluding ortho intramolecular Hbond substituents is 2. The highest BCUT2D eigenvalue weighted by atomic mass is 16.6. The number of carbonyl (C=O) groups is 1. The first-order chi connectivity index (χ1) is 22.5. The number of hydrogen-bond donors (Lipinski definition) is 7. The molecular formula is C35H41N3O9. The lowest BCUT2D eigenvalue weighted by Crippen LogP contribution is -2.57. The highest BCUT2D eigenvalue weighted by Crippen LogP contribution is 2.52. The van der Waals surface area contributed by atoms with E-state index in [1.165, 1.54) is 12.1 Å². The van der Waals surface area contributed by atoms with Crippen molar-refractivity contribution in [2.45, 2.75) is 58.1 Å². The van der Waals surface area contributed by atoms with Crippen LogP contribution in [0.15, 0.2) is 75.1 Å². The molecule has 8 N–H and O–H groups in total. The lowest BCUT2D eigenvalue weighted by Gasteiger charge is -2.46. The normalized spacial score (nSPS) is 21.4. The van der Waals surface area contributed by atoms with Gasteiger partial charge in [-0.25, -0.2) is 4.79 Å². The van der Waals surface area contributed by atoms with Gasteiger partial charge in [-0.05, 0) is 56.2 Å². The predicted molar refractivity (Wildman–Crippen MR) is 176 cm³/mol. The lowest BCUT2D eigenvalue weighted by molar-refractivity contribution is -0.166. The summed E-state index contributed by atoms with van der Waals surface area (Å²) in [5.74, 6) is -1.66. The average Bonchev–Trinajstić information content (AvgIpc) is 3.05. The molecule has 0 radical (unpaired) electrons. The van der Waals surface area contributed by atoms with Gasteiger partial charge < -0.3 is 50.7 Å². The first-order valence-electron chi connectivity index (χ1n) is 15.5. The fraction of sp³-hybridized carbons (Fsp3) is 0.371. The number of nitrogens with one attached hydrogen (secondary N) is 2. The maximum atomic E-state index is 13.6. The number of carbonyl (C=O) groups excluding carboxylic acids is 1. The summed E-state index contributed by atoms with van der Waals surface area (Å²) in [6, 6.07) is 7.32. The van der Waals surface area contributed by atoms with E-state index in [-0.39, 0.29) is 65.1 Å². The SMILES string of the molecule is CC=C(CNCC)C(=O)OC1Cc2c(c(-c3cccc(O)c3)c3oc(CO)cc(=O)c3c2O)OC1(C)C(CO)CC1=CNC(N)C=C1. The van der Waals surface area contributed by atoms with Crippen LogP contribution >= 0.6 is 0 Å². The second-order valence-corrected chi connectivity index (χ2v) is 11.9. The van der Waals surface area contributed by atoms with Gasteiger partial charge in [0, 0.05) is 42.3 Å². The number of phenols is 2. The van der Waals surface area contributed by atoms with Crippen molar-refractivity contribution >= 4 is 16.9 Å². The number of esters is 1. The van der Waals surface area contributed by atoms with E-state index in [0.29, 0.717) is 24.1 Å². The van der Waals surface area contributed by atoms with Crippen molar-refractivity contribution in [2.24, 2.45) is 11.7 Å². The third kappa shape index (κ3) is 6.63. The number of rotatable bonds is 11. The summed E-state index contributed by atoms with van der Waals surface area (Å²) in [5.41, 5.74) is 5.92. The van der Waals surface area contributed by atoms with E-state index in [4.69, 9.17) is 19.6 Å². The molecule has 2 aromatic carbocycles.